The van der Waals surface area contributed by atoms with Crippen molar-refractivity contribution in [2.45, 2.75) is 76.4 Å². The van der Waals surface area contributed by atoms with Gasteiger partial charge < -0.3 is 10.6 Å². The van der Waals surface area contributed by atoms with Gasteiger partial charge in [0.15, 0.2) is 11.6 Å². The van der Waals surface area contributed by atoms with E-state index in [2.05, 4.69) is 87.9 Å². The highest BCUT2D eigenvalue weighted by molar-refractivity contribution is 5.61. The van der Waals surface area contributed by atoms with Crippen molar-refractivity contribution in [3.8, 4) is 5.69 Å². The van der Waals surface area contributed by atoms with Gasteiger partial charge in [0.05, 0.1) is 11.9 Å². The summed E-state index contributed by atoms with van der Waals surface area (Å²) < 4.78 is 16.3. The molecule has 0 spiro atoms. The number of anilines is 3. The lowest BCUT2D eigenvalue weighted by Crippen LogP contribution is -2.61. The van der Waals surface area contributed by atoms with E-state index in [0.29, 0.717) is 11.9 Å². The summed E-state index contributed by atoms with van der Waals surface area (Å²) in [7, 11) is 2.16. The van der Waals surface area contributed by atoms with Crippen LogP contribution in [0.2, 0.25) is 0 Å². The fourth-order valence-corrected chi connectivity index (χ4v) is 5.10. The monoisotopic (exact) mass is 465 g/mol. The summed E-state index contributed by atoms with van der Waals surface area (Å²) in [6.07, 6.45) is 6.90. The Balaban J connectivity index is 1.38. The van der Waals surface area contributed by atoms with Crippen LogP contribution in [0.4, 0.5) is 21.8 Å². The van der Waals surface area contributed by atoms with E-state index in [4.69, 9.17) is 0 Å². The number of piperidine rings is 1. The molecule has 34 heavy (non-hydrogen) atoms. The van der Waals surface area contributed by atoms with Crippen molar-refractivity contribution < 1.29 is 4.39 Å². The van der Waals surface area contributed by atoms with Crippen molar-refractivity contribution in [1.29, 1.82) is 0 Å². The van der Waals surface area contributed by atoms with E-state index < -0.39 is 5.82 Å². The summed E-state index contributed by atoms with van der Waals surface area (Å²) in [6.45, 7) is 8.89. The van der Waals surface area contributed by atoms with Gasteiger partial charge in [0.2, 0.25) is 5.95 Å². The number of hydrogen-bond acceptors (Lipinski definition) is 8. The summed E-state index contributed by atoms with van der Waals surface area (Å²) in [5.41, 5.74) is 2.86. The predicted octanol–water partition coefficient (Wildman–Crippen LogP) is 4.28. The number of nitrogens with zero attached hydrogens (tertiary/aromatic N) is 7. The zero-order valence-corrected chi connectivity index (χ0v) is 20.4. The van der Waals surface area contributed by atoms with Crippen LogP contribution >= 0.6 is 0 Å². The predicted molar refractivity (Wildman–Crippen MR) is 129 cm³/mol. The Labute approximate surface area is 199 Å². The molecule has 2 fully saturated rings. The molecule has 2 aromatic heterocycles. The minimum Gasteiger partial charge on any atom is -0.365 e. The van der Waals surface area contributed by atoms with Crippen molar-refractivity contribution in [3.05, 3.63) is 42.1 Å². The topological polar surface area (TPSA) is 96.7 Å². The molecule has 1 aliphatic heterocycles. The second-order valence-corrected chi connectivity index (χ2v) is 10.8. The van der Waals surface area contributed by atoms with Gasteiger partial charge in [-0.2, -0.15) is 4.98 Å². The Hall–Kier alpha value is -3.14. The van der Waals surface area contributed by atoms with E-state index in [1.54, 1.807) is 11.0 Å². The molecule has 0 radical (unpaired) electrons. The molecule has 3 heterocycles. The van der Waals surface area contributed by atoms with Gasteiger partial charge in [-0.3, -0.25) is 4.90 Å². The molecule has 10 heteroatoms. The third-order valence-corrected chi connectivity index (χ3v) is 7.25. The minimum atomic E-state index is -0.457. The smallest absolute Gasteiger partial charge is 0.229 e. The molecule has 9 nitrogen and oxygen atoms in total. The first-order valence-electron chi connectivity index (χ1n) is 11.8. The van der Waals surface area contributed by atoms with Crippen molar-refractivity contribution in [3.63, 3.8) is 0 Å². The Bertz CT molecular complexity index is 1150. The molecule has 0 unspecified atom stereocenters. The summed E-state index contributed by atoms with van der Waals surface area (Å²) >= 11 is 0. The van der Waals surface area contributed by atoms with Crippen molar-refractivity contribution >= 4 is 17.5 Å². The van der Waals surface area contributed by atoms with Crippen LogP contribution in [0.5, 0.6) is 0 Å². The standard InChI is InChI=1S/C24H32FN9/c1-23(2)11-18(12-24(3,4)33(23)5)28-21-20(25)13-26-22(30-21)29-17-8-16(15-6-7-15)9-19(10-17)34-14-27-31-32-34/h8-10,13-15,18H,6-7,11-12H2,1-5H3,(H2,26,28,29,30). The Morgan fingerprint density at radius 3 is 2.44 bits per heavy atom. The first kappa shape index (κ1) is 22.6. The first-order valence-corrected chi connectivity index (χ1v) is 11.8. The highest BCUT2D eigenvalue weighted by Crippen LogP contribution is 2.42. The Kier molecular flexibility index (Phi) is 5.50. The molecule has 2 aliphatic rings. The van der Waals surface area contributed by atoms with Gasteiger partial charge in [0.25, 0.3) is 0 Å². The number of nitrogens with one attached hydrogen (secondary N) is 2. The van der Waals surface area contributed by atoms with Crippen LogP contribution in [0.1, 0.15) is 64.9 Å². The molecule has 3 aromatic rings. The summed E-state index contributed by atoms with van der Waals surface area (Å²) in [5.74, 6) is 0.643. The average molecular weight is 466 g/mol. The van der Waals surface area contributed by atoms with Gasteiger partial charge in [-0.25, -0.2) is 14.1 Å². The quantitative estimate of drug-likeness (QED) is 0.557. The second kappa shape index (κ2) is 8.26. The molecule has 1 aromatic carbocycles. The third kappa shape index (κ3) is 4.59. The maximum atomic E-state index is 14.7. The maximum absolute atomic E-state index is 14.7. The maximum Gasteiger partial charge on any atom is 0.229 e. The van der Waals surface area contributed by atoms with E-state index >= 15 is 0 Å². The van der Waals surface area contributed by atoms with Crippen LogP contribution in [-0.4, -0.2) is 59.2 Å². The lowest BCUT2D eigenvalue weighted by atomic mass is 9.77. The molecule has 1 saturated carbocycles. The molecule has 1 aliphatic carbocycles. The van der Waals surface area contributed by atoms with Crippen molar-refractivity contribution in [2.24, 2.45) is 0 Å². The Morgan fingerprint density at radius 2 is 1.79 bits per heavy atom. The normalized spacial score (nSPS) is 20.3. The number of tetrazole rings is 1. The van der Waals surface area contributed by atoms with Gasteiger partial charge >= 0.3 is 0 Å². The Morgan fingerprint density at radius 1 is 1.06 bits per heavy atom. The van der Waals surface area contributed by atoms with Crippen LogP contribution in [0.25, 0.3) is 5.69 Å². The van der Waals surface area contributed by atoms with E-state index in [1.807, 2.05) is 6.07 Å². The van der Waals surface area contributed by atoms with Crippen LogP contribution < -0.4 is 10.6 Å². The molecular formula is C24H32FN9. The second-order valence-electron chi connectivity index (χ2n) is 10.8. The number of aromatic nitrogens is 6. The summed E-state index contributed by atoms with van der Waals surface area (Å²) in [4.78, 5) is 11.1. The van der Waals surface area contributed by atoms with E-state index in [-0.39, 0.29) is 22.9 Å². The zero-order valence-electron chi connectivity index (χ0n) is 20.4. The molecular weight excluding hydrogens is 433 g/mol. The number of halogens is 1. The largest absolute Gasteiger partial charge is 0.365 e. The summed E-state index contributed by atoms with van der Waals surface area (Å²) in [5, 5.41) is 18.1. The van der Waals surface area contributed by atoms with Gasteiger partial charge in [0.1, 0.15) is 6.33 Å². The number of likely N-dealkylation sites (tertiary alicyclic amines) is 1. The summed E-state index contributed by atoms with van der Waals surface area (Å²) in [6, 6.07) is 6.22. The number of hydrogen-bond donors (Lipinski definition) is 2. The molecule has 0 bridgehead atoms. The zero-order chi connectivity index (χ0) is 24.1. The fourth-order valence-electron chi connectivity index (χ4n) is 5.10. The van der Waals surface area contributed by atoms with Crippen LogP contribution in [0.3, 0.4) is 0 Å². The molecule has 5 rings (SSSR count). The highest BCUT2D eigenvalue weighted by Gasteiger charge is 2.43. The van der Waals surface area contributed by atoms with Gasteiger partial charge in [0, 0.05) is 22.8 Å². The van der Waals surface area contributed by atoms with Crippen LogP contribution in [0, 0.1) is 5.82 Å². The van der Waals surface area contributed by atoms with Crippen molar-refractivity contribution in [2.75, 3.05) is 17.7 Å². The van der Waals surface area contributed by atoms with Crippen molar-refractivity contribution in [1.82, 2.24) is 35.1 Å². The van der Waals surface area contributed by atoms with E-state index in [0.717, 1.165) is 24.2 Å². The lowest BCUT2D eigenvalue weighted by molar-refractivity contribution is -0.00778. The van der Waals surface area contributed by atoms with Gasteiger partial charge in [-0.1, -0.05) is 0 Å². The van der Waals surface area contributed by atoms with E-state index in [9.17, 15) is 4.39 Å². The number of rotatable bonds is 6. The minimum absolute atomic E-state index is 0.0140. The van der Waals surface area contributed by atoms with E-state index in [1.165, 1.54) is 24.6 Å². The van der Waals surface area contributed by atoms with Gasteiger partial charge in [-0.15, -0.1) is 5.10 Å². The average Bonchev–Trinajstić information content (AvgIpc) is 3.48. The SMILES string of the molecule is CN1C(C)(C)CC(Nc2nc(Nc3cc(C4CC4)cc(-n4cnnn4)c3)ncc2F)CC1(C)C. The third-order valence-electron chi connectivity index (χ3n) is 7.25. The highest BCUT2D eigenvalue weighted by atomic mass is 19.1. The van der Waals surface area contributed by atoms with Crippen LogP contribution in [-0.2, 0) is 0 Å². The molecule has 0 atom stereocenters. The lowest BCUT2D eigenvalue weighted by Gasteiger charge is -2.53. The van der Waals surface area contributed by atoms with Gasteiger partial charge in [-0.05, 0) is 101 Å². The fraction of sp³-hybridized carbons (Fsp3) is 0.542. The molecule has 1 saturated heterocycles. The molecule has 2 N–H and O–H groups in total. The number of benzene rings is 1. The molecule has 0 amide bonds. The first-order chi connectivity index (χ1) is 16.1. The molecule has 180 valence electrons. The van der Waals surface area contributed by atoms with Crippen LogP contribution in [0.15, 0.2) is 30.7 Å².